The van der Waals surface area contributed by atoms with Gasteiger partial charge in [-0.2, -0.15) is 5.26 Å². The quantitative estimate of drug-likeness (QED) is 0.856. The molecule has 5 heteroatoms. The third-order valence-corrected chi connectivity index (χ3v) is 3.40. The maximum atomic E-state index is 13.7. The second kappa shape index (κ2) is 6.47. The monoisotopic (exact) mass is 304 g/mol. The van der Waals surface area contributed by atoms with E-state index in [0.717, 1.165) is 5.56 Å². The van der Waals surface area contributed by atoms with Crippen LogP contribution in [-0.2, 0) is 6.54 Å². The summed E-state index contributed by atoms with van der Waals surface area (Å²) < 4.78 is 19.0. The van der Waals surface area contributed by atoms with Crippen LogP contribution in [0.4, 0.5) is 10.1 Å². The van der Waals surface area contributed by atoms with Crippen molar-refractivity contribution >= 4 is 17.3 Å². The lowest BCUT2D eigenvalue weighted by Crippen LogP contribution is -2.18. The van der Waals surface area contributed by atoms with Gasteiger partial charge in [0.25, 0.3) is 0 Å². The largest absolute Gasteiger partial charge is 0.496 e. The Hall–Kier alpha value is -2.25. The Morgan fingerprint density at radius 1 is 1.33 bits per heavy atom. The third kappa shape index (κ3) is 3.26. The van der Waals surface area contributed by atoms with Crippen LogP contribution in [0.2, 0.25) is 5.02 Å². The maximum Gasteiger partial charge on any atom is 0.143 e. The molecular weight excluding hydrogens is 291 g/mol. The Balaban J connectivity index is 2.35. The number of anilines is 1. The predicted octanol–water partition coefficient (Wildman–Crippen LogP) is 4.00. The number of ether oxygens (including phenoxy) is 1. The summed E-state index contributed by atoms with van der Waals surface area (Å²) in [4.78, 5) is 1.79. The van der Waals surface area contributed by atoms with Crippen molar-refractivity contribution in [2.24, 2.45) is 0 Å². The molecule has 2 aromatic carbocycles. The molecule has 0 aliphatic rings. The second-order valence-corrected chi connectivity index (χ2v) is 4.99. The van der Waals surface area contributed by atoms with Crippen LogP contribution in [0.1, 0.15) is 11.1 Å². The van der Waals surface area contributed by atoms with Crippen LogP contribution in [-0.4, -0.2) is 14.2 Å². The number of hydrogen-bond donors (Lipinski definition) is 0. The van der Waals surface area contributed by atoms with Crippen LogP contribution < -0.4 is 9.64 Å². The first-order valence-corrected chi connectivity index (χ1v) is 6.66. The number of benzene rings is 2. The first-order valence-electron chi connectivity index (χ1n) is 6.29. The predicted molar refractivity (Wildman–Crippen MR) is 81.2 cm³/mol. The van der Waals surface area contributed by atoms with Crippen LogP contribution in [0.5, 0.6) is 5.75 Å². The number of rotatable bonds is 4. The first kappa shape index (κ1) is 15.1. The van der Waals surface area contributed by atoms with Crippen LogP contribution in [0, 0.1) is 17.1 Å². The highest BCUT2D eigenvalue weighted by atomic mass is 35.5. The molecule has 108 valence electrons. The van der Waals surface area contributed by atoms with E-state index in [1.165, 1.54) is 6.07 Å². The molecule has 2 rings (SSSR count). The molecular formula is C16H14ClFN2O. The molecule has 0 aliphatic carbocycles. The Labute approximate surface area is 128 Å². The summed E-state index contributed by atoms with van der Waals surface area (Å²) in [6, 6.07) is 11.8. The third-order valence-electron chi connectivity index (χ3n) is 3.16. The molecule has 0 radical (unpaired) electrons. The van der Waals surface area contributed by atoms with Gasteiger partial charge in [-0.1, -0.05) is 17.7 Å². The van der Waals surface area contributed by atoms with Gasteiger partial charge in [0.15, 0.2) is 0 Å². The lowest BCUT2D eigenvalue weighted by atomic mass is 10.1. The highest BCUT2D eigenvalue weighted by Gasteiger charge is 2.14. The van der Waals surface area contributed by atoms with Gasteiger partial charge in [-0.15, -0.1) is 0 Å². The van der Waals surface area contributed by atoms with Crippen molar-refractivity contribution in [2.45, 2.75) is 6.54 Å². The van der Waals surface area contributed by atoms with E-state index in [9.17, 15) is 4.39 Å². The van der Waals surface area contributed by atoms with Gasteiger partial charge in [0.1, 0.15) is 23.2 Å². The standard InChI is InChI=1S/C16H14ClFN2O/c1-20(15-5-3-4-14(18)13(15)9-19)10-11-8-12(17)6-7-16(11)21-2/h3-8H,10H2,1-2H3. The van der Waals surface area contributed by atoms with Gasteiger partial charge in [0.05, 0.1) is 12.8 Å². The fourth-order valence-corrected chi connectivity index (χ4v) is 2.35. The molecule has 3 nitrogen and oxygen atoms in total. The fraction of sp³-hybridized carbons (Fsp3) is 0.188. The minimum Gasteiger partial charge on any atom is -0.496 e. The summed E-state index contributed by atoms with van der Waals surface area (Å²) in [6.45, 7) is 0.446. The van der Waals surface area contributed by atoms with Gasteiger partial charge in [0, 0.05) is 24.2 Å². The summed E-state index contributed by atoms with van der Waals surface area (Å²) in [5.41, 5.74) is 1.42. The number of halogens is 2. The summed E-state index contributed by atoms with van der Waals surface area (Å²) in [7, 11) is 3.37. The minimum absolute atomic E-state index is 0.0287. The zero-order chi connectivity index (χ0) is 15.4. The minimum atomic E-state index is -0.528. The molecule has 0 bridgehead atoms. The van der Waals surface area contributed by atoms with E-state index in [2.05, 4.69) is 0 Å². The van der Waals surface area contributed by atoms with Gasteiger partial charge in [-0.05, 0) is 30.3 Å². The van der Waals surface area contributed by atoms with Crippen molar-refractivity contribution in [1.82, 2.24) is 0 Å². The molecule has 0 spiro atoms. The Bertz CT molecular complexity index is 697. The normalized spacial score (nSPS) is 10.0. The molecule has 0 saturated heterocycles. The topological polar surface area (TPSA) is 36.3 Å². The molecule has 21 heavy (non-hydrogen) atoms. The Morgan fingerprint density at radius 3 is 2.76 bits per heavy atom. The van der Waals surface area contributed by atoms with Crippen LogP contribution >= 0.6 is 11.6 Å². The average molecular weight is 305 g/mol. The SMILES string of the molecule is COc1ccc(Cl)cc1CN(C)c1cccc(F)c1C#N. The van der Waals surface area contributed by atoms with Gasteiger partial charge >= 0.3 is 0 Å². The molecule has 0 aliphatic heterocycles. The van der Waals surface area contributed by atoms with E-state index >= 15 is 0 Å². The zero-order valence-corrected chi connectivity index (χ0v) is 12.5. The van der Waals surface area contributed by atoms with E-state index < -0.39 is 5.82 Å². The van der Waals surface area contributed by atoms with Crippen LogP contribution in [0.25, 0.3) is 0 Å². The van der Waals surface area contributed by atoms with Crippen molar-refractivity contribution in [1.29, 1.82) is 5.26 Å². The lowest BCUT2D eigenvalue weighted by Gasteiger charge is -2.22. The molecule has 0 unspecified atom stereocenters. The molecule has 0 atom stereocenters. The van der Waals surface area contributed by atoms with Gasteiger partial charge in [-0.3, -0.25) is 0 Å². The van der Waals surface area contributed by atoms with Crippen molar-refractivity contribution in [3.63, 3.8) is 0 Å². The number of nitrogens with zero attached hydrogens (tertiary/aromatic N) is 2. The van der Waals surface area contributed by atoms with Crippen LogP contribution in [0.3, 0.4) is 0 Å². The average Bonchev–Trinajstić information content (AvgIpc) is 2.47. The smallest absolute Gasteiger partial charge is 0.143 e. The second-order valence-electron chi connectivity index (χ2n) is 4.56. The van der Waals surface area contributed by atoms with E-state index in [-0.39, 0.29) is 5.56 Å². The number of methoxy groups -OCH3 is 1. The molecule has 0 fully saturated rings. The Morgan fingerprint density at radius 2 is 2.10 bits per heavy atom. The van der Waals surface area contributed by atoms with Crippen molar-refractivity contribution in [3.05, 3.63) is 58.4 Å². The first-order chi connectivity index (χ1) is 10.1. The fourth-order valence-electron chi connectivity index (χ4n) is 2.15. The van der Waals surface area contributed by atoms with Crippen molar-refractivity contribution in [3.8, 4) is 11.8 Å². The highest BCUT2D eigenvalue weighted by Crippen LogP contribution is 2.27. The number of nitriles is 1. The van der Waals surface area contributed by atoms with Crippen molar-refractivity contribution < 1.29 is 9.13 Å². The summed E-state index contributed by atoms with van der Waals surface area (Å²) in [5, 5.41) is 9.69. The molecule has 0 heterocycles. The summed E-state index contributed by atoms with van der Waals surface area (Å²) in [6.07, 6.45) is 0. The van der Waals surface area contributed by atoms with E-state index in [1.807, 2.05) is 6.07 Å². The highest BCUT2D eigenvalue weighted by molar-refractivity contribution is 6.30. The van der Waals surface area contributed by atoms with Gasteiger partial charge < -0.3 is 9.64 Å². The van der Waals surface area contributed by atoms with E-state index in [1.54, 1.807) is 49.4 Å². The number of hydrogen-bond acceptors (Lipinski definition) is 3. The summed E-state index contributed by atoms with van der Waals surface area (Å²) in [5.74, 6) is 0.168. The van der Waals surface area contributed by atoms with Crippen LogP contribution in [0.15, 0.2) is 36.4 Å². The Kier molecular flexibility index (Phi) is 4.66. The molecule has 2 aromatic rings. The lowest BCUT2D eigenvalue weighted by molar-refractivity contribution is 0.409. The van der Waals surface area contributed by atoms with Crippen molar-refractivity contribution in [2.75, 3.05) is 19.1 Å². The zero-order valence-electron chi connectivity index (χ0n) is 11.7. The van der Waals surface area contributed by atoms with E-state index in [4.69, 9.17) is 21.6 Å². The molecule has 0 N–H and O–H groups in total. The molecule has 0 aromatic heterocycles. The molecule has 0 saturated carbocycles. The molecule has 0 amide bonds. The summed E-state index contributed by atoms with van der Waals surface area (Å²) >= 11 is 6.00. The van der Waals surface area contributed by atoms with E-state index in [0.29, 0.717) is 23.0 Å². The van der Waals surface area contributed by atoms with Gasteiger partial charge in [0.2, 0.25) is 0 Å². The van der Waals surface area contributed by atoms with Gasteiger partial charge in [-0.25, -0.2) is 4.39 Å². The maximum absolute atomic E-state index is 13.7.